The molecule has 2 aromatic rings. The van der Waals surface area contributed by atoms with Crippen molar-refractivity contribution in [1.29, 1.82) is 0 Å². The van der Waals surface area contributed by atoms with Crippen LogP contribution in [0.3, 0.4) is 0 Å². The van der Waals surface area contributed by atoms with E-state index in [2.05, 4.69) is 4.90 Å². The lowest BCUT2D eigenvalue weighted by Crippen LogP contribution is -2.39. The predicted octanol–water partition coefficient (Wildman–Crippen LogP) is 3.89. The molecule has 1 saturated heterocycles. The van der Waals surface area contributed by atoms with Gasteiger partial charge in [0.25, 0.3) is 5.91 Å². The highest BCUT2D eigenvalue weighted by atomic mass is 32.1. The summed E-state index contributed by atoms with van der Waals surface area (Å²) in [6.45, 7) is 0.905. The van der Waals surface area contributed by atoms with E-state index in [1.165, 1.54) is 32.1 Å². The molecule has 1 amide bonds. The third-order valence-electron chi connectivity index (χ3n) is 5.10. The minimum absolute atomic E-state index is 0.156. The number of carbonyl (C=O) groups excluding carboxylic acids is 1. The van der Waals surface area contributed by atoms with Gasteiger partial charge < -0.3 is 10.6 Å². The van der Waals surface area contributed by atoms with Crippen molar-refractivity contribution in [3.63, 3.8) is 0 Å². The second-order valence-corrected chi connectivity index (χ2v) is 7.29. The van der Waals surface area contributed by atoms with E-state index in [1.54, 1.807) is 11.3 Å². The van der Waals surface area contributed by atoms with Gasteiger partial charge in [-0.15, -0.1) is 11.3 Å². The Kier molecular flexibility index (Phi) is 3.14. The smallest absolute Gasteiger partial charge is 0.266 e. The van der Waals surface area contributed by atoms with Crippen molar-refractivity contribution in [2.75, 3.05) is 12.3 Å². The van der Waals surface area contributed by atoms with Crippen molar-refractivity contribution >= 4 is 33.0 Å². The van der Waals surface area contributed by atoms with Crippen LogP contribution in [0.15, 0.2) is 24.3 Å². The summed E-state index contributed by atoms with van der Waals surface area (Å²) in [6, 6.07) is 8.48. The van der Waals surface area contributed by atoms with E-state index in [-0.39, 0.29) is 5.91 Å². The second kappa shape index (κ2) is 5.02. The van der Waals surface area contributed by atoms with E-state index < -0.39 is 0 Å². The van der Waals surface area contributed by atoms with Gasteiger partial charge in [0.15, 0.2) is 0 Å². The van der Waals surface area contributed by atoms with E-state index in [0.29, 0.717) is 11.7 Å². The minimum Gasteiger partial charge on any atom is -0.397 e. The van der Waals surface area contributed by atoms with Gasteiger partial charge in [-0.3, -0.25) is 4.79 Å². The Morgan fingerprint density at radius 1 is 1.19 bits per heavy atom. The van der Waals surface area contributed by atoms with Crippen molar-refractivity contribution in [1.82, 2.24) is 4.90 Å². The summed E-state index contributed by atoms with van der Waals surface area (Å²) in [5.74, 6) is 0.876. The van der Waals surface area contributed by atoms with Gasteiger partial charge in [-0.2, -0.15) is 0 Å². The zero-order chi connectivity index (χ0) is 14.4. The van der Waals surface area contributed by atoms with Crippen molar-refractivity contribution in [2.24, 2.45) is 5.92 Å². The SMILES string of the molecule is Nc1c(C(=O)N2CCC3CCCCC32)sc2ccccc12. The van der Waals surface area contributed by atoms with Crippen LogP contribution < -0.4 is 5.73 Å². The van der Waals surface area contributed by atoms with Crippen molar-refractivity contribution in [3.05, 3.63) is 29.1 Å². The summed E-state index contributed by atoms with van der Waals surface area (Å²) in [5.41, 5.74) is 6.90. The first-order chi connectivity index (χ1) is 10.3. The fraction of sp³-hybridized carbons (Fsp3) is 0.471. The number of anilines is 1. The van der Waals surface area contributed by atoms with E-state index >= 15 is 0 Å². The van der Waals surface area contributed by atoms with Gasteiger partial charge in [0.05, 0.1) is 5.69 Å². The third-order valence-corrected chi connectivity index (χ3v) is 6.27. The van der Waals surface area contributed by atoms with Crippen LogP contribution in [0, 0.1) is 5.92 Å². The maximum atomic E-state index is 12.9. The van der Waals surface area contributed by atoms with Crippen LogP contribution in [0.2, 0.25) is 0 Å². The molecule has 1 saturated carbocycles. The molecular weight excluding hydrogens is 280 g/mol. The molecule has 2 unspecified atom stereocenters. The zero-order valence-electron chi connectivity index (χ0n) is 12.0. The summed E-state index contributed by atoms with van der Waals surface area (Å²) in [4.78, 5) is 15.8. The van der Waals surface area contributed by atoms with Crippen LogP contribution in [0.5, 0.6) is 0 Å². The molecule has 0 bridgehead atoms. The topological polar surface area (TPSA) is 46.3 Å². The highest BCUT2D eigenvalue weighted by Crippen LogP contribution is 2.40. The number of likely N-dealkylation sites (tertiary alicyclic amines) is 1. The van der Waals surface area contributed by atoms with Crippen molar-refractivity contribution in [3.8, 4) is 0 Å². The molecule has 0 spiro atoms. The van der Waals surface area contributed by atoms with E-state index in [0.717, 1.165) is 27.4 Å². The summed E-state index contributed by atoms with van der Waals surface area (Å²) in [5, 5.41) is 1.02. The first kappa shape index (κ1) is 13.1. The average molecular weight is 300 g/mol. The summed E-state index contributed by atoms with van der Waals surface area (Å²) >= 11 is 1.54. The Morgan fingerprint density at radius 2 is 2.00 bits per heavy atom. The van der Waals surface area contributed by atoms with E-state index in [4.69, 9.17) is 5.73 Å². The van der Waals surface area contributed by atoms with Crippen LogP contribution in [0.25, 0.3) is 10.1 Å². The monoisotopic (exact) mass is 300 g/mol. The lowest BCUT2D eigenvalue weighted by molar-refractivity contribution is 0.0696. The van der Waals surface area contributed by atoms with Gasteiger partial charge in [-0.1, -0.05) is 31.0 Å². The van der Waals surface area contributed by atoms with Gasteiger partial charge in [-0.25, -0.2) is 0 Å². The number of nitrogen functional groups attached to an aromatic ring is 1. The van der Waals surface area contributed by atoms with Gasteiger partial charge in [0.1, 0.15) is 4.88 Å². The maximum absolute atomic E-state index is 12.9. The molecule has 21 heavy (non-hydrogen) atoms. The number of carbonyl (C=O) groups is 1. The number of hydrogen-bond donors (Lipinski definition) is 1. The third kappa shape index (κ3) is 2.04. The number of amides is 1. The largest absolute Gasteiger partial charge is 0.397 e. The van der Waals surface area contributed by atoms with Gasteiger partial charge >= 0.3 is 0 Å². The first-order valence-corrected chi connectivity index (χ1v) is 8.65. The van der Waals surface area contributed by atoms with Crippen LogP contribution in [-0.4, -0.2) is 23.4 Å². The molecule has 110 valence electrons. The zero-order valence-corrected chi connectivity index (χ0v) is 12.9. The number of benzene rings is 1. The number of fused-ring (bicyclic) bond motifs is 2. The highest BCUT2D eigenvalue weighted by Gasteiger charge is 2.39. The minimum atomic E-state index is 0.156. The lowest BCUT2D eigenvalue weighted by Gasteiger charge is -2.31. The van der Waals surface area contributed by atoms with Crippen molar-refractivity contribution < 1.29 is 4.79 Å². The second-order valence-electron chi connectivity index (χ2n) is 6.24. The molecule has 4 rings (SSSR count). The number of nitrogens with zero attached hydrogens (tertiary/aromatic N) is 1. The van der Waals surface area contributed by atoms with Gasteiger partial charge in [0, 0.05) is 22.7 Å². The Hall–Kier alpha value is -1.55. The predicted molar refractivity (Wildman–Crippen MR) is 87.6 cm³/mol. The maximum Gasteiger partial charge on any atom is 0.266 e. The number of nitrogens with two attached hydrogens (primary N) is 1. The molecule has 2 atom stereocenters. The fourth-order valence-corrected chi connectivity index (χ4v) is 5.09. The lowest BCUT2D eigenvalue weighted by atomic mass is 9.85. The average Bonchev–Trinajstić information content (AvgIpc) is 3.09. The van der Waals surface area contributed by atoms with Gasteiger partial charge in [0.2, 0.25) is 0 Å². The molecule has 0 radical (unpaired) electrons. The quantitative estimate of drug-likeness (QED) is 0.868. The van der Waals surface area contributed by atoms with Crippen LogP contribution >= 0.6 is 11.3 Å². The molecule has 2 aliphatic rings. The summed E-state index contributed by atoms with van der Waals surface area (Å²) in [6.07, 6.45) is 6.21. The van der Waals surface area contributed by atoms with Crippen LogP contribution in [0.4, 0.5) is 5.69 Å². The molecule has 3 nitrogen and oxygen atoms in total. The molecule has 1 aliphatic carbocycles. The Morgan fingerprint density at radius 3 is 2.86 bits per heavy atom. The molecule has 1 aromatic heterocycles. The highest BCUT2D eigenvalue weighted by molar-refractivity contribution is 7.21. The fourth-order valence-electron chi connectivity index (χ4n) is 4.01. The standard InChI is InChI=1S/C17H20N2OS/c18-15-12-6-2-4-8-14(12)21-16(15)17(20)19-10-9-11-5-1-3-7-13(11)19/h2,4,6,8,11,13H,1,3,5,7,9-10,18H2. The molecule has 2 heterocycles. The molecule has 1 aromatic carbocycles. The van der Waals surface area contributed by atoms with E-state index in [1.807, 2.05) is 24.3 Å². The normalized spacial score (nSPS) is 25.2. The molecule has 4 heteroatoms. The Bertz CT molecular complexity index is 693. The number of hydrogen-bond acceptors (Lipinski definition) is 3. The first-order valence-electron chi connectivity index (χ1n) is 7.83. The molecule has 2 fully saturated rings. The summed E-state index contributed by atoms with van der Waals surface area (Å²) < 4.78 is 1.11. The molecule has 1 aliphatic heterocycles. The number of rotatable bonds is 1. The molecule has 2 N–H and O–H groups in total. The van der Waals surface area contributed by atoms with Crippen LogP contribution in [-0.2, 0) is 0 Å². The number of thiophene rings is 1. The van der Waals surface area contributed by atoms with Gasteiger partial charge in [-0.05, 0) is 31.2 Å². The van der Waals surface area contributed by atoms with E-state index in [9.17, 15) is 4.79 Å². The summed E-state index contributed by atoms with van der Waals surface area (Å²) in [7, 11) is 0. The molecular formula is C17H20N2OS. The van der Waals surface area contributed by atoms with Crippen LogP contribution in [0.1, 0.15) is 41.8 Å². The Labute approximate surface area is 128 Å². The Balaban J connectivity index is 1.68. The van der Waals surface area contributed by atoms with Crippen molar-refractivity contribution in [2.45, 2.75) is 38.1 Å².